The zero-order valence-corrected chi connectivity index (χ0v) is 14.0. The maximum Gasteiger partial charge on any atom is 0.335 e. The molecule has 0 unspecified atom stereocenters. The van der Waals surface area contributed by atoms with E-state index in [0.717, 1.165) is 36.3 Å². The van der Waals surface area contributed by atoms with Crippen LogP contribution in [0.25, 0.3) is 11.3 Å². The third-order valence-electron chi connectivity index (χ3n) is 5.26. The van der Waals surface area contributed by atoms with E-state index in [-0.39, 0.29) is 11.0 Å². The molecule has 1 saturated carbocycles. The van der Waals surface area contributed by atoms with Crippen LogP contribution in [-0.4, -0.2) is 32.6 Å². The number of pyridine rings is 1. The molecule has 6 heteroatoms. The van der Waals surface area contributed by atoms with E-state index in [1.54, 1.807) is 30.7 Å². The normalized spacial score (nSPS) is 16.5. The molecule has 3 aromatic rings. The molecular formula is C20H16N4O2. The minimum atomic E-state index is -0.920. The fourth-order valence-corrected chi connectivity index (χ4v) is 3.69. The highest BCUT2D eigenvalue weighted by molar-refractivity contribution is 5.90. The van der Waals surface area contributed by atoms with Gasteiger partial charge in [-0.2, -0.15) is 0 Å². The number of carbonyl (C=O) groups is 1. The van der Waals surface area contributed by atoms with Crippen LogP contribution in [0.5, 0.6) is 0 Å². The molecule has 0 radical (unpaired) electrons. The van der Waals surface area contributed by atoms with Crippen LogP contribution < -0.4 is 4.90 Å². The fraction of sp³-hybridized carbons (Fsp3) is 0.200. The molecule has 3 heterocycles. The second-order valence-electron chi connectivity index (χ2n) is 6.89. The number of carboxylic acids is 1. The van der Waals surface area contributed by atoms with Crippen molar-refractivity contribution < 1.29 is 9.90 Å². The topological polar surface area (TPSA) is 79.2 Å². The molecule has 5 rings (SSSR count). The van der Waals surface area contributed by atoms with Crippen LogP contribution in [0, 0.1) is 0 Å². The number of fused-ring (bicyclic) bond motifs is 2. The van der Waals surface area contributed by atoms with Crippen LogP contribution in [0.3, 0.4) is 0 Å². The average Bonchev–Trinajstić information content (AvgIpc) is 3.39. The number of aromatic carboxylic acids is 1. The molecule has 128 valence electrons. The molecule has 2 aromatic heterocycles. The molecule has 0 bridgehead atoms. The largest absolute Gasteiger partial charge is 0.478 e. The molecule has 1 aliphatic heterocycles. The number of benzene rings is 1. The zero-order chi connectivity index (χ0) is 17.7. The summed E-state index contributed by atoms with van der Waals surface area (Å²) in [4.78, 5) is 26.8. The Bertz CT molecular complexity index is 998. The van der Waals surface area contributed by atoms with E-state index in [0.29, 0.717) is 5.95 Å². The maximum atomic E-state index is 11.4. The Hall–Kier alpha value is -3.28. The number of hydrogen-bond donors (Lipinski definition) is 1. The molecule has 0 atom stereocenters. The second-order valence-corrected chi connectivity index (χ2v) is 6.89. The molecule has 2 aliphatic rings. The van der Waals surface area contributed by atoms with Crippen molar-refractivity contribution in [2.45, 2.75) is 18.3 Å². The molecule has 0 amide bonds. The molecule has 0 saturated heterocycles. The lowest BCUT2D eigenvalue weighted by Gasteiger charge is -2.18. The van der Waals surface area contributed by atoms with Gasteiger partial charge in [0.25, 0.3) is 0 Å². The molecule has 1 fully saturated rings. The first-order chi connectivity index (χ1) is 12.7. The van der Waals surface area contributed by atoms with Gasteiger partial charge in [0, 0.05) is 41.8 Å². The van der Waals surface area contributed by atoms with Crippen molar-refractivity contribution in [3.8, 4) is 11.3 Å². The Morgan fingerprint density at radius 1 is 1.08 bits per heavy atom. The van der Waals surface area contributed by atoms with E-state index in [9.17, 15) is 9.90 Å². The van der Waals surface area contributed by atoms with Gasteiger partial charge in [-0.25, -0.2) is 14.8 Å². The molecule has 1 N–H and O–H groups in total. The van der Waals surface area contributed by atoms with E-state index < -0.39 is 5.97 Å². The van der Waals surface area contributed by atoms with Crippen LogP contribution >= 0.6 is 0 Å². The Morgan fingerprint density at radius 2 is 1.88 bits per heavy atom. The third-order valence-corrected chi connectivity index (χ3v) is 5.26. The van der Waals surface area contributed by atoms with Gasteiger partial charge in [-0.15, -0.1) is 0 Å². The number of hydrogen-bond acceptors (Lipinski definition) is 5. The van der Waals surface area contributed by atoms with Crippen molar-refractivity contribution in [3.05, 3.63) is 66.1 Å². The van der Waals surface area contributed by atoms with Gasteiger partial charge in [-0.1, -0.05) is 12.1 Å². The number of carboxylic acid groups (broad SMARTS) is 1. The van der Waals surface area contributed by atoms with Crippen molar-refractivity contribution >= 4 is 17.6 Å². The van der Waals surface area contributed by atoms with Gasteiger partial charge in [0.15, 0.2) is 0 Å². The summed E-state index contributed by atoms with van der Waals surface area (Å²) < 4.78 is 0. The molecule has 1 spiro atoms. The monoisotopic (exact) mass is 344 g/mol. The quantitative estimate of drug-likeness (QED) is 0.784. The van der Waals surface area contributed by atoms with E-state index in [1.165, 1.54) is 5.56 Å². The lowest BCUT2D eigenvalue weighted by atomic mass is 9.97. The summed E-state index contributed by atoms with van der Waals surface area (Å²) in [7, 11) is 0. The van der Waals surface area contributed by atoms with E-state index >= 15 is 0 Å². The highest BCUT2D eigenvalue weighted by Crippen LogP contribution is 2.57. The van der Waals surface area contributed by atoms with Crippen molar-refractivity contribution in [1.82, 2.24) is 15.0 Å². The highest BCUT2D eigenvalue weighted by atomic mass is 16.4. The van der Waals surface area contributed by atoms with Gasteiger partial charge in [0.1, 0.15) is 0 Å². The smallest absolute Gasteiger partial charge is 0.335 e. The third kappa shape index (κ3) is 2.26. The van der Waals surface area contributed by atoms with Gasteiger partial charge in [0.05, 0.1) is 11.3 Å². The summed E-state index contributed by atoms with van der Waals surface area (Å²) in [5.74, 6) is -0.326. The van der Waals surface area contributed by atoms with Gasteiger partial charge in [0.2, 0.25) is 5.95 Å². The van der Waals surface area contributed by atoms with E-state index in [2.05, 4.69) is 15.0 Å². The SMILES string of the molecule is O=C(O)c1ccc2c(c1)N(c1ncc(-c3ccccn3)cn1)CC21CC1. The number of rotatable bonds is 3. The van der Waals surface area contributed by atoms with Gasteiger partial charge >= 0.3 is 5.97 Å². The molecule has 6 nitrogen and oxygen atoms in total. The van der Waals surface area contributed by atoms with Gasteiger partial charge < -0.3 is 10.0 Å². The average molecular weight is 344 g/mol. The standard InChI is InChI=1S/C20H16N4O2/c25-18(26)13-4-5-15-17(9-13)24(12-20(15)6-7-20)19-22-10-14(11-23-19)16-3-1-2-8-21-16/h1-5,8-11H,6-7,12H2,(H,25,26). The second kappa shape index (κ2) is 5.36. The molecule has 1 aromatic carbocycles. The number of aromatic nitrogens is 3. The van der Waals surface area contributed by atoms with Crippen molar-refractivity contribution in [2.24, 2.45) is 0 Å². The predicted octanol–water partition coefficient (Wildman–Crippen LogP) is 3.42. The minimum absolute atomic E-state index is 0.134. The van der Waals surface area contributed by atoms with Gasteiger partial charge in [-0.05, 0) is 42.7 Å². The fourth-order valence-electron chi connectivity index (χ4n) is 3.69. The van der Waals surface area contributed by atoms with Crippen LogP contribution in [0.2, 0.25) is 0 Å². The first-order valence-corrected chi connectivity index (χ1v) is 8.55. The first-order valence-electron chi connectivity index (χ1n) is 8.55. The summed E-state index contributed by atoms with van der Waals surface area (Å²) in [6.07, 6.45) is 7.51. The lowest BCUT2D eigenvalue weighted by Crippen LogP contribution is -2.21. The summed E-state index contributed by atoms with van der Waals surface area (Å²) in [6, 6.07) is 11.1. The lowest BCUT2D eigenvalue weighted by molar-refractivity contribution is 0.0697. The predicted molar refractivity (Wildman–Crippen MR) is 96.6 cm³/mol. The Balaban J connectivity index is 1.54. The number of anilines is 2. The summed E-state index contributed by atoms with van der Waals surface area (Å²) >= 11 is 0. The van der Waals surface area contributed by atoms with Crippen molar-refractivity contribution in [1.29, 1.82) is 0 Å². The first kappa shape index (κ1) is 15.0. The summed E-state index contributed by atoms with van der Waals surface area (Å²) in [5.41, 5.74) is 4.22. The minimum Gasteiger partial charge on any atom is -0.478 e. The van der Waals surface area contributed by atoms with Crippen LogP contribution in [0.4, 0.5) is 11.6 Å². The summed E-state index contributed by atoms with van der Waals surface area (Å²) in [6.45, 7) is 0.800. The highest BCUT2D eigenvalue weighted by Gasteiger charge is 2.52. The van der Waals surface area contributed by atoms with E-state index in [4.69, 9.17) is 0 Å². The summed E-state index contributed by atoms with van der Waals surface area (Å²) in [5, 5.41) is 9.32. The zero-order valence-electron chi connectivity index (χ0n) is 14.0. The molecular weight excluding hydrogens is 328 g/mol. The van der Waals surface area contributed by atoms with Crippen LogP contribution in [0.15, 0.2) is 55.0 Å². The van der Waals surface area contributed by atoms with E-state index in [1.807, 2.05) is 29.2 Å². The van der Waals surface area contributed by atoms with Crippen molar-refractivity contribution in [2.75, 3.05) is 11.4 Å². The molecule has 1 aliphatic carbocycles. The Labute approximate surface area is 150 Å². The maximum absolute atomic E-state index is 11.4. The Morgan fingerprint density at radius 3 is 2.54 bits per heavy atom. The van der Waals surface area contributed by atoms with Crippen molar-refractivity contribution in [3.63, 3.8) is 0 Å². The number of nitrogens with zero attached hydrogens (tertiary/aromatic N) is 4. The Kier molecular flexibility index (Phi) is 3.09. The van der Waals surface area contributed by atoms with Gasteiger partial charge in [-0.3, -0.25) is 4.98 Å². The molecule has 26 heavy (non-hydrogen) atoms. The van der Waals surface area contributed by atoms with Crippen LogP contribution in [0.1, 0.15) is 28.8 Å². The van der Waals surface area contributed by atoms with Crippen LogP contribution in [-0.2, 0) is 5.41 Å².